The Kier molecular flexibility index (Phi) is 12.1. The van der Waals surface area contributed by atoms with Crippen LogP contribution in [0.5, 0.6) is 0 Å². The highest BCUT2D eigenvalue weighted by Gasteiger charge is 2.42. The Hall–Kier alpha value is -4.96. The van der Waals surface area contributed by atoms with Gasteiger partial charge >= 0.3 is 20.0 Å². The highest BCUT2D eigenvalue weighted by molar-refractivity contribution is 7.46. The van der Waals surface area contributed by atoms with Crippen molar-refractivity contribution in [2.24, 2.45) is 28.5 Å². The number of anilines is 1. The van der Waals surface area contributed by atoms with Crippen molar-refractivity contribution < 1.29 is 60.4 Å². The molecule has 3 aromatic rings. The molecule has 1 fully saturated rings. The summed E-state index contributed by atoms with van der Waals surface area (Å²) in [5, 5.41) is 2.38. The number of amides is 3. The molecule has 0 bridgehead atoms. The van der Waals surface area contributed by atoms with Crippen molar-refractivity contribution in [2.75, 3.05) is 11.6 Å². The van der Waals surface area contributed by atoms with E-state index >= 15 is 4.39 Å². The van der Waals surface area contributed by atoms with Gasteiger partial charge in [0.25, 0.3) is 5.91 Å². The third kappa shape index (κ3) is 10.6. The number of para-hydroxylation sites is 1. The van der Waals surface area contributed by atoms with Gasteiger partial charge in [-0.15, -0.1) is 0 Å². The molecule has 5 rings (SSSR count). The second-order valence-electron chi connectivity index (χ2n) is 12.6. The lowest BCUT2D eigenvalue weighted by atomic mass is 9.83. The number of ether oxygens (including phenoxy) is 1. The summed E-state index contributed by atoms with van der Waals surface area (Å²) >= 11 is 0. The molecule has 3 aromatic carbocycles. The molecule has 13 nitrogen and oxygen atoms in total. The van der Waals surface area contributed by atoms with Crippen LogP contribution in [0.1, 0.15) is 59.2 Å². The third-order valence-electron chi connectivity index (χ3n) is 8.69. The van der Waals surface area contributed by atoms with Gasteiger partial charge in [-0.25, -0.2) is 18.7 Å². The van der Waals surface area contributed by atoms with Gasteiger partial charge in [0, 0.05) is 29.4 Å². The van der Waals surface area contributed by atoms with Gasteiger partial charge in [0.2, 0.25) is 18.0 Å². The van der Waals surface area contributed by atoms with Crippen LogP contribution in [0.15, 0.2) is 77.8 Å². The number of nitrogens with two attached hydrogens (primary N) is 1. The van der Waals surface area contributed by atoms with Crippen molar-refractivity contribution in [1.29, 1.82) is 0 Å². The maximum absolute atomic E-state index is 15.8. The monoisotopic (exact) mass is 762 g/mol. The number of phosphoric acid groups is 1. The van der Waals surface area contributed by atoms with Crippen molar-refractivity contribution in [2.45, 2.75) is 51.1 Å². The number of hydrogen-bond donors (Lipinski definition) is 4. The number of halogens is 4. The number of aliphatic imine (C=N–C) groups is 1. The van der Waals surface area contributed by atoms with Crippen LogP contribution >= 0.6 is 7.82 Å². The van der Waals surface area contributed by atoms with Crippen LogP contribution in [0.3, 0.4) is 0 Å². The molecule has 0 radical (unpaired) electrons. The summed E-state index contributed by atoms with van der Waals surface area (Å²) in [4.78, 5) is 77.0. The van der Waals surface area contributed by atoms with Gasteiger partial charge in [-0.05, 0) is 42.5 Å². The Labute approximate surface area is 300 Å². The van der Waals surface area contributed by atoms with Crippen LogP contribution in [0, 0.1) is 23.6 Å². The van der Waals surface area contributed by atoms with Gasteiger partial charge in [0.05, 0.1) is 23.6 Å². The van der Waals surface area contributed by atoms with Crippen LogP contribution in [0.4, 0.5) is 23.2 Å². The zero-order chi connectivity index (χ0) is 38.5. The summed E-state index contributed by atoms with van der Waals surface area (Å²) in [7, 11) is -4.83. The van der Waals surface area contributed by atoms with Gasteiger partial charge in [-0.2, -0.15) is 13.2 Å². The van der Waals surface area contributed by atoms with Crippen molar-refractivity contribution in [3.63, 3.8) is 0 Å². The Morgan fingerprint density at radius 2 is 1.72 bits per heavy atom. The summed E-state index contributed by atoms with van der Waals surface area (Å²) in [5.41, 5.74) is 5.71. The van der Waals surface area contributed by atoms with Gasteiger partial charge in [0.1, 0.15) is 5.82 Å². The Morgan fingerprint density at radius 3 is 2.36 bits per heavy atom. The molecule has 53 heavy (non-hydrogen) atoms. The number of fused-ring (bicyclic) bond motifs is 1. The van der Waals surface area contributed by atoms with E-state index in [2.05, 4.69) is 14.8 Å². The Bertz CT molecular complexity index is 1940. The fourth-order valence-corrected chi connectivity index (χ4v) is 6.28. The molecule has 2 aliphatic rings. The SMILES string of the molecule is NC(=O)C(CC1CC1)[C@@H](CCC(F)(F)F)C(=O)N[C@H]1N=C(c2ccccc2)c2cccc(F)c2N(COC(=O)c2cccc(COP(=O)(O)O)c2)C1=O. The van der Waals surface area contributed by atoms with Crippen molar-refractivity contribution >= 4 is 42.9 Å². The van der Waals surface area contributed by atoms with Gasteiger partial charge in [-0.1, -0.05) is 67.4 Å². The molecule has 5 N–H and O–H groups in total. The fraction of sp³-hybridized carbons (Fsp3) is 0.343. The topological polar surface area (TPSA) is 198 Å². The van der Waals surface area contributed by atoms with E-state index in [-0.39, 0.29) is 40.4 Å². The Balaban J connectivity index is 1.50. The van der Waals surface area contributed by atoms with E-state index in [1.54, 1.807) is 30.3 Å². The van der Waals surface area contributed by atoms with Gasteiger partial charge < -0.3 is 25.6 Å². The normalized spacial score (nSPS) is 17.2. The molecular formula is C35H35F4N4O9P. The van der Waals surface area contributed by atoms with Gasteiger partial charge in [0.15, 0.2) is 6.73 Å². The standard InChI is InChI=1S/C35H35F4N4O9P/c36-27-11-5-10-25-28(22-7-2-1-3-8-22)41-31(42-32(45)24(14-15-35(37,38)39)26(30(40)44)17-20-12-13-20)33(46)43(29(25)27)19-51-34(47)23-9-4-6-21(16-23)18-52-53(48,49)50/h1-11,16,20,24,26,31H,12-15,17-19H2,(H2,40,44)(H,42,45)(H2,48,49,50)/t24-,26?,31-/m1/s1. The van der Waals surface area contributed by atoms with Crippen LogP contribution in [-0.2, 0) is 34.8 Å². The molecule has 18 heteroatoms. The Morgan fingerprint density at radius 1 is 1.02 bits per heavy atom. The predicted octanol–water partition coefficient (Wildman–Crippen LogP) is 4.74. The van der Waals surface area contributed by atoms with Crippen LogP contribution in [0.25, 0.3) is 0 Å². The lowest BCUT2D eigenvalue weighted by molar-refractivity contribution is -0.146. The lowest BCUT2D eigenvalue weighted by Crippen LogP contribution is -2.51. The number of hydrogen-bond acceptors (Lipinski definition) is 8. The molecule has 1 aliphatic heterocycles. The van der Waals surface area contributed by atoms with Crippen LogP contribution in [0.2, 0.25) is 0 Å². The highest BCUT2D eigenvalue weighted by Crippen LogP contribution is 2.40. The zero-order valence-electron chi connectivity index (χ0n) is 27.9. The number of carbonyl (C=O) groups excluding carboxylic acids is 4. The van der Waals surface area contributed by atoms with Crippen molar-refractivity contribution in [3.05, 3.63) is 101 Å². The van der Waals surface area contributed by atoms with Crippen molar-refractivity contribution in [1.82, 2.24) is 5.32 Å². The molecule has 3 atom stereocenters. The highest BCUT2D eigenvalue weighted by atomic mass is 31.2. The first kappa shape index (κ1) is 39.3. The zero-order valence-corrected chi connectivity index (χ0v) is 28.8. The number of alkyl halides is 3. The van der Waals surface area contributed by atoms with Crippen LogP contribution in [-0.4, -0.2) is 58.3 Å². The summed E-state index contributed by atoms with van der Waals surface area (Å²) in [6.45, 7) is -1.50. The molecule has 3 amide bonds. The largest absolute Gasteiger partial charge is 0.469 e. The minimum Gasteiger partial charge on any atom is -0.440 e. The average molecular weight is 763 g/mol. The number of nitrogens with zero attached hydrogens (tertiary/aromatic N) is 2. The first-order chi connectivity index (χ1) is 25.0. The maximum atomic E-state index is 15.8. The quantitative estimate of drug-likeness (QED) is 0.0961. The third-order valence-corrected chi connectivity index (χ3v) is 9.16. The molecule has 1 saturated carbocycles. The molecule has 1 aliphatic carbocycles. The van der Waals surface area contributed by atoms with Crippen LogP contribution < -0.4 is 16.0 Å². The van der Waals surface area contributed by atoms with E-state index in [1.165, 1.54) is 36.4 Å². The van der Waals surface area contributed by atoms with E-state index in [9.17, 15) is 36.9 Å². The number of nitrogens with one attached hydrogen (secondary N) is 1. The maximum Gasteiger partial charge on any atom is 0.469 e. The predicted molar refractivity (Wildman–Crippen MR) is 180 cm³/mol. The van der Waals surface area contributed by atoms with E-state index < -0.39 is 87.7 Å². The van der Waals surface area contributed by atoms with Crippen molar-refractivity contribution in [3.8, 4) is 0 Å². The number of rotatable bonds is 15. The summed E-state index contributed by atoms with van der Waals surface area (Å²) < 4.78 is 77.0. The first-order valence-corrected chi connectivity index (χ1v) is 17.9. The smallest absolute Gasteiger partial charge is 0.440 e. The molecule has 0 spiro atoms. The first-order valence-electron chi connectivity index (χ1n) is 16.4. The molecule has 282 valence electrons. The summed E-state index contributed by atoms with van der Waals surface area (Å²) in [5.74, 6) is -8.06. The summed E-state index contributed by atoms with van der Waals surface area (Å²) in [6, 6.07) is 17.3. The number of phosphoric ester groups is 1. The van der Waals surface area contributed by atoms with E-state index in [0.717, 1.165) is 6.07 Å². The fourth-order valence-electron chi connectivity index (χ4n) is 5.96. The van der Waals surface area contributed by atoms with E-state index in [4.69, 9.17) is 20.3 Å². The minimum absolute atomic E-state index is 0.00199. The van der Waals surface area contributed by atoms with E-state index in [1.807, 2.05) is 0 Å². The molecular weight excluding hydrogens is 727 g/mol. The second kappa shape index (κ2) is 16.4. The summed E-state index contributed by atoms with van der Waals surface area (Å²) in [6.07, 6.45) is -7.29. The number of benzene rings is 3. The average Bonchev–Trinajstić information content (AvgIpc) is 3.94. The number of benzodiazepines with no additional fused rings is 1. The second-order valence-corrected chi connectivity index (χ2v) is 13.9. The molecule has 0 saturated heterocycles. The molecule has 1 unspecified atom stereocenters. The molecule has 1 heterocycles. The lowest BCUT2D eigenvalue weighted by Gasteiger charge is -2.28. The van der Waals surface area contributed by atoms with Gasteiger partial charge in [-0.3, -0.25) is 23.8 Å². The number of carbonyl (C=O) groups is 4. The minimum atomic E-state index is -4.83. The number of primary amides is 1. The number of esters is 1. The van der Waals surface area contributed by atoms with E-state index in [0.29, 0.717) is 23.3 Å². The molecule has 0 aromatic heterocycles.